The summed E-state index contributed by atoms with van der Waals surface area (Å²) < 4.78 is 5.17. The molecule has 0 aliphatic heterocycles. The minimum absolute atomic E-state index is 0.0338. The fraction of sp³-hybridized carbons (Fsp3) is 0.294. The summed E-state index contributed by atoms with van der Waals surface area (Å²) in [6.45, 7) is 3.53. The number of aromatic nitrogens is 2. The molecule has 0 fully saturated rings. The molecule has 24 heavy (non-hydrogen) atoms. The van der Waals surface area contributed by atoms with E-state index < -0.39 is 17.9 Å². The van der Waals surface area contributed by atoms with E-state index in [1.807, 2.05) is 0 Å². The number of carbonyl (C=O) groups excluding carboxylic acids is 2. The van der Waals surface area contributed by atoms with E-state index in [0.29, 0.717) is 10.6 Å². The molecule has 0 unspecified atom stereocenters. The summed E-state index contributed by atoms with van der Waals surface area (Å²) in [4.78, 5) is 32.2. The summed E-state index contributed by atoms with van der Waals surface area (Å²) in [7, 11) is 0. The second-order valence-electron chi connectivity index (χ2n) is 5.38. The molecular weight excluding hydrogens is 330 g/mol. The number of ether oxygens (including phenoxy) is 1. The fourth-order valence-corrected chi connectivity index (χ4v) is 2.39. The molecule has 2 rings (SSSR count). The molecule has 1 heterocycles. The third-order valence-corrected chi connectivity index (χ3v) is 3.46. The van der Waals surface area contributed by atoms with Crippen molar-refractivity contribution in [2.45, 2.75) is 32.4 Å². The Balaban J connectivity index is 2.21. The minimum atomic E-state index is -0.626. The lowest BCUT2D eigenvalue weighted by molar-refractivity contribution is -0.147. The average Bonchev–Trinajstić information content (AvgIpc) is 2.54. The van der Waals surface area contributed by atoms with Crippen LogP contribution >= 0.6 is 11.6 Å². The lowest BCUT2D eigenvalue weighted by Crippen LogP contribution is -2.31. The topological polar surface area (TPSA) is 81.2 Å². The van der Waals surface area contributed by atoms with Crippen molar-refractivity contribution in [3.63, 3.8) is 0 Å². The van der Waals surface area contributed by atoms with E-state index >= 15 is 0 Å². The highest BCUT2D eigenvalue weighted by Crippen LogP contribution is 2.26. The molecule has 126 valence electrons. The average molecular weight is 348 g/mol. The van der Waals surface area contributed by atoms with Gasteiger partial charge in [-0.1, -0.05) is 29.8 Å². The van der Waals surface area contributed by atoms with Crippen molar-refractivity contribution in [1.82, 2.24) is 15.3 Å². The molecule has 1 amide bonds. The van der Waals surface area contributed by atoms with Crippen LogP contribution in [0.5, 0.6) is 0 Å². The molecule has 0 spiro atoms. The Kier molecular flexibility index (Phi) is 6.26. The number of esters is 1. The van der Waals surface area contributed by atoms with Crippen molar-refractivity contribution in [3.05, 3.63) is 59.1 Å². The summed E-state index contributed by atoms with van der Waals surface area (Å²) >= 11 is 6.21. The van der Waals surface area contributed by atoms with Crippen LogP contribution in [0.3, 0.4) is 0 Å². The predicted octanol–water partition coefficient (Wildman–Crippen LogP) is 2.94. The van der Waals surface area contributed by atoms with Crippen molar-refractivity contribution in [2.75, 3.05) is 0 Å². The van der Waals surface area contributed by atoms with E-state index in [0.717, 1.165) is 0 Å². The van der Waals surface area contributed by atoms with Gasteiger partial charge in [0.2, 0.25) is 0 Å². The molecule has 1 aromatic carbocycles. The lowest BCUT2D eigenvalue weighted by atomic mass is 10.0. The van der Waals surface area contributed by atoms with Crippen LogP contribution in [0, 0.1) is 0 Å². The minimum Gasteiger partial charge on any atom is -0.463 e. The molecule has 6 nitrogen and oxygen atoms in total. The summed E-state index contributed by atoms with van der Waals surface area (Å²) in [6.07, 6.45) is 3.98. The van der Waals surface area contributed by atoms with Crippen molar-refractivity contribution in [2.24, 2.45) is 0 Å². The van der Waals surface area contributed by atoms with E-state index in [1.165, 1.54) is 18.6 Å². The first-order valence-electron chi connectivity index (χ1n) is 7.48. The molecule has 2 aromatic rings. The van der Waals surface area contributed by atoms with Crippen LogP contribution in [0.1, 0.15) is 42.4 Å². The van der Waals surface area contributed by atoms with Gasteiger partial charge >= 0.3 is 5.97 Å². The Hall–Kier alpha value is -2.47. The number of hydrogen-bond donors (Lipinski definition) is 1. The molecular formula is C17H18ClN3O3. The first-order chi connectivity index (χ1) is 11.5. The Bertz CT molecular complexity index is 707. The normalized spacial score (nSPS) is 11.8. The highest BCUT2D eigenvalue weighted by molar-refractivity contribution is 6.31. The lowest BCUT2D eigenvalue weighted by Gasteiger charge is -2.20. The van der Waals surface area contributed by atoms with Gasteiger partial charge in [-0.25, -0.2) is 4.98 Å². The van der Waals surface area contributed by atoms with E-state index in [1.54, 1.807) is 38.1 Å². The number of rotatable bonds is 6. The first kappa shape index (κ1) is 17.9. The molecule has 1 atom stereocenters. The number of amides is 1. The smallest absolute Gasteiger partial charge is 0.308 e. The Morgan fingerprint density at radius 1 is 1.25 bits per heavy atom. The van der Waals surface area contributed by atoms with Gasteiger partial charge < -0.3 is 10.1 Å². The third-order valence-electron chi connectivity index (χ3n) is 3.12. The quantitative estimate of drug-likeness (QED) is 0.812. The summed E-state index contributed by atoms with van der Waals surface area (Å²) in [5.41, 5.74) is 0.795. The van der Waals surface area contributed by atoms with Gasteiger partial charge in [0.15, 0.2) is 0 Å². The zero-order valence-electron chi connectivity index (χ0n) is 13.4. The van der Waals surface area contributed by atoms with Crippen LogP contribution in [0.4, 0.5) is 0 Å². The van der Waals surface area contributed by atoms with Gasteiger partial charge in [-0.2, -0.15) is 0 Å². The van der Waals surface area contributed by atoms with Gasteiger partial charge in [0, 0.05) is 17.4 Å². The van der Waals surface area contributed by atoms with E-state index in [4.69, 9.17) is 16.3 Å². The summed E-state index contributed by atoms with van der Waals surface area (Å²) in [6, 6.07) is 6.40. The first-order valence-corrected chi connectivity index (χ1v) is 7.86. The van der Waals surface area contributed by atoms with Crippen molar-refractivity contribution in [1.29, 1.82) is 0 Å². The molecule has 0 bridgehead atoms. The zero-order valence-corrected chi connectivity index (χ0v) is 14.2. The highest BCUT2D eigenvalue weighted by Gasteiger charge is 2.23. The molecule has 0 saturated heterocycles. The maximum atomic E-state index is 12.3. The Morgan fingerprint density at radius 3 is 2.62 bits per heavy atom. The Morgan fingerprint density at radius 2 is 2.00 bits per heavy atom. The maximum Gasteiger partial charge on any atom is 0.308 e. The van der Waals surface area contributed by atoms with Gasteiger partial charge in [0.1, 0.15) is 5.69 Å². The van der Waals surface area contributed by atoms with Crippen molar-refractivity contribution >= 4 is 23.5 Å². The third kappa shape index (κ3) is 5.03. The molecule has 1 N–H and O–H groups in total. The maximum absolute atomic E-state index is 12.3. The standard InChI is InChI=1S/C17H18ClN3O3/c1-11(2)24-16(22)9-14(12-5-3-4-6-13(12)18)21-17(23)15-10-19-7-8-20-15/h3-8,10-11,14H,9H2,1-2H3,(H,21,23)/t14-/m0/s1. The van der Waals surface area contributed by atoms with Crippen molar-refractivity contribution < 1.29 is 14.3 Å². The number of nitrogens with one attached hydrogen (secondary N) is 1. The monoisotopic (exact) mass is 347 g/mol. The fourth-order valence-electron chi connectivity index (χ4n) is 2.12. The van der Waals surface area contributed by atoms with Crippen molar-refractivity contribution in [3.8, 4) is 0 Å². The van der Waals surface area contributed by atoms with Crippen LogP contribution in [-0.2, 0) is 9.53 Å². The van der Waals surface area contributed by atoms with Gasteiger partial charge in [-0.15, -0.1) is 0 Å². The molecule has 0 aliphatic rings. The second kappa shape index (κ2) is 8.40. The van der Waals surface area contributed by atoms with Gasteiger partial charge in [0.05, 0.1) is 24.8 Å². The van der Waals surface area contributed by atoms with Crippen LogP contribution in [0.2, 0.25) is 5.02 Å². The second-order valence-corrected chi connectivity index (χ2v) is 5.79. The van der Waals surface area contributed by atoms with Crippen LogP contribution in [0.15, 0.2) is 42.9 Å². The SMILES string of the molecule is CC(C)OC(=O)C[C@H](NC(=O)c1cnccn1)c1ccccc1Cl. The predicted molar refractivity (Wildman–Crippen MR) is 89.5 cm³/mol. The van der Waals surface area contributed by atoms with E-state index in [9.17, 15) is 9.59 Å². The van der Waals surface area contributed by atoms with Crippen LogP contribution in [0.25, 0.3) is 0 Å². The van der Waals surface area contributed by atoms with E-state index in [-0.39, 0.29) is 18.2 Å². The number of halogens is 1. The Labute approximate surface area is 145 Å². The number of carbonyl (C=O) groups is 2. The van der Waals surface area contributed by atoms with Gasteiger partial charge in [-0.05, 0) is 25.5 Å². The highest BCUT2D eigenvalue weighted by atomic mass is 35.5. The van der Waals surface area contributed by atoms with Gasteiger partial charge in [-0.3, -0.25) is 14.6 Å². The molecule has 7 heteroatoms. The molecule has 0 saturated carbocycles. The summed E-state index contributed by atoms with van der Waals surface area (Å²) in [5.74, 6) is -0.861. The van der Waals surface area contributed by atoms with Gasteiger partial charge in [0.25, 0.3) is 5.91 Å². The number of nitrogens with zero attached hydrogens (tertiary/aromatic N) is 2. The molecule has 0 aliphatic carbocycles. The van der Waals surface area contributed by atoms with Crippen LogP contribution in [-0.4, -0.2) is 27.9 Å². The van der Waals surface area contributed by atoms with E-state index in [2.05, 4.69) is 15.3 Å². The largest absolute Gasteiger partial charge is 0.463 e. The number of hydrogen-bond acceptors (Lipinski definition) is 5. The summed E-state index contributed by atoms with van der Waals surface area (Å²) in [5, 5.41) is 3.23. The molecule has 1 aromatic heterocycles. The van der Waals surface area contributed by atoms with Crippen LogP contribution < -0.4 is 5.32 Å². The molecule has 0 radical (unpaired) electrons. The number of benzene rings is 1. The zero-order chi connectivity index (χ0) is 17.5.